The number of hydrogen-bond acceptors (Lipinski definition) is 5. The summed E-state index contributed by atoms with van der Waals surface area (Å²) in [6.45, 7) is 1.62. The number of alkyl halides is 2. The predicted molar refractivity (Wildman–Crippen MR) is 59.1 cm³/mol. The Morgan fingerprint density at radius 1 is 1.61 bits per heavy atom. The van der Waals surface area contributed by atoms with Crippen molar-refractivity contribution in [1.29, 1.82) is 0 Å². The number of carbonyl (C=O) groups excluding carboxylic acids is 1. The molecule has 0 bridgehead atoms. The molecule has 0 fully saturated rings. The van der Waals surface area contributed by atoms with Gasteiger partial charge in [-0.05, 0) is 12.5 Å². The van der Waals surface area contributed by atoms with Crippen LogP contribution in [0.1, 0.15) is 30.2 Å². The molecule has 0 amide bonds. The van der Waals surface area contributed by atoms with E-state index in [2.05, 4.69) is 9.72 Å². The molecule has 0 atom stereocenters. The Kier molecular flexibility index (Phi) is 4.96. The summed E-state index contributed by atoms with van der Waals surface area (Å²) in [5, 5.41) is 9.68. The standard InChI is InChI=1S/C11H14F2N2O3/c1-2-18-8(16)3-7-10(17)9(11(12)13)6(4-14)5-15-7/h5,11,17H,2-4,14H2,1H3. The minimum atomic E-state index is -2.88. The minimum Gasteiger partial charge on any atom is -0.505 e. The largest absolute Gasteiger partial charge is 0.505 e. The maximum atomic E-state index is 12.8. The highest BCUT2D eigenvalue weighted by Gasteiger charge is 2.22. The molecular formula is C11H14F2N2O3. The van der Waals surface area contributed by atoms with Crippen molar-refractivity contribution < 1.29 is 23.4 Å². The van der Waals surface area contributed by atoms with Gasteiger partial charge in [0.15, 0.2) is 0 Å². The van der Waals surface area contributed by atoms with Gasteiger partial charge in [-0.1, -0.05) is 0 Å². The van der Waals surface area contributed by atoms with Crippen LogP contribution in [0.2, 0.25) is 0 Å². The number of aromatic nitrogens is 1. The van der Waals surface area contributed by atoms with Gasteiger partial charge in [-0.3, -0.25) is 9.78 Å². The lowest BCUT2D eigenvalue weighted by molar-refractivity contribution is -0.142. The topological polar surface area (TPSA) is 85.4 Å². The van der Waals surface area contributed by atoms with Crippen molar-refractivity contribution in [3.8, 4) is 5.75 Å². The first-order valence-corrected chi connectivity index (χ1v) is 5.34. The van der Waals surface area contributed by atoms with Crippen LogP contribution in [0.25, 0.3) is 0 Å². The molecule has 0 aliphatic rings. The zero-order chi connectivity index (χ0) is 13.7. The van der Waals surface area contributed by atoms with Gasteiger partial charge in [-0.15, -0.1) is 0 Å². The highest BCUT2D eigenvalue weighted by atomic mass is 19.3. The maximum absolute atomic E-state index is 12.8. The van der Waals surface area contributed by atoms with Gasteiger partial charge in [0.2, 0.25) is 0 Å². The van der Waals surface area contributed by atoms with E-state index in [0.717, 1.165) is 6.20 Å². The molecule has 0 radical (unpaired) electrons. The molecular weight excluding hydrogens is 246 g/mol. The molecule has 0 spiro atoms. The molecule has 0 saturated carbocycles. The zero-order valence-corrected chi connectivity index (χ0v) is 9.82. The van der Waals surface area contributed by atoms with Crippen LogP contribution in [0, 0.1) is 0 Å². The van der Waals surface area contributed by atoms with Crippen molar-refractivity contribution in [1.82, 2.24) is 4.98 Å². The summed E-state index contributed by atoms with van der Waals surface area (Å²) in [4.78, 5) is 15.0. The maximum Gasteiger partial charge on any atom is 0.312 e. The van der Waals surface area contributed by atoms with E-state index < -0.39 is 23.7 Å². The Morgan fingerprint density at radius 3 is 2.78 bits per heavy atom. The Hall–Kier alpha value is -1.76. The van der Waals surface area contributed by atoms with Gasteiger partial charge in [0, 0.05) is 12.7 Å². The third-order valence-electron chi connectivity index (χ3n) is 2.31. The van der Waals surface area contributed by atoms with Crippen molar-refractivity contribution in [2.24, 2.45) is 5.73 Å². The number of nitrogens with zero attached hydrogens (tertiary/aromatic N) is 1. The molecule has 1 heterocycles. The van der Waals surface area contributed by atoms with E-state index in [-0.39, 0.29) is 30.8 Å². The highest BCUT2D eigenvalue weighted by molar-refractivity contribution is 5.73. The minimum absolute atomic E-state index is 0.0510. The van der Waals surface area contributed by atoms with Gasteiger partial charge in [-0.2, -0.15) is 0 Å². The number of halogens is 2. The Balaban J connectivity index is 3.08. The molecule has 100 valence electrons. The fourth-order valence-corrected chi connectivity index (χ4v) is 1.48. The molecule has 1 aromatic heterocycles. The molecule has 0 aromatic carbocycles. The second-order valence-electron chi connectivity index (χ2n) is 3.48. The summed E-state index contributed by atoms with van der Waals surface area (Å²) in [6.07, 6.45) is -2.10. The van der Waals surface area contributed by atoms with Gasteiger partial charge in [0.25, 0.3) is 6.43 Å². The summed E-state index contributed by atoms with van der Waals surface area (Å²) < 4.78 is 30.2. The lowest BCUT2D eigenvalue weighted by Crippen LogP contribution is -2.11. The summed E-state index contributed by atoms with van der Waals surface area (Å²) in [5.41, 5.74) is 4.62. The van der Waals surface area contributed by atoms with Crippen LogP contribution in [0.3, 0.4) is 0 Å². The monoisotopic (exact) mass is 260 g/mol. The van der Waals surface area contributed by atoms with Gasteiger partial charge >= 0.3 is 5.97 Å². The van der Waals surface area contributed by atoms with Crippen molar-refractivity contribution in [3.63, 3.8) is 0 Å². The van der Waals surface area contributed by atoms with Crippen LogP contribution in [0.4, 0.5) is 8.78 Å². The summed E-state index contributed by atoms with van der Waals surface area (Å²) in [5.74, 6) is -1.33. The molecule has 1 aromatic rings. The van der Waals surface area contributed by atoms with Gasteiger partial charge in [0.05, 0.1) is 24.3 Å². The number of aromatic hydroxyl groups is 1. The van der Waals surface area contributed by atoms with E-state index in [1.807, 2.05) is 0 Å². The smallest absolute Gasteiger partial charge is 0.312 e. The Morgan fingerprint density at radius 2 is 2.28 bits per heavy atom. The molecule has 0 unspecified atom stereocenters. The summed E-state index contributed by atoms with van der Waals surface area (Å²) in [6, 6.07) is 0. The number of carbonyl (C=O) groups is 1. The third kappa shape index (κ3) is 3.13. The third-order valence-corrected chi connectivity index (χ3v) is 2.31. The van der Waals surface area contributed by atoms with Crippen molar-refractivity contribution in [2.45, 2.75) is 26.3 Å². The first-order chi connectivity index (χ1) is 8.51. The molecule has 0 aliphatic heterocycles. The van der Waals surface area contributed by atoms with E-state index in [1.165, 1.54) is 0 Å². The van der Waals surface area contributed by atoms with E-state index in [0.29, 0.717) is 0 Å². The number of hydrogen-bond donors (Lipinski definition) is 2. The van der Waals surface area contributed by atoms with Gasteiger partial charge in [0.1, 0.15) is 5.75 Å². The SMILES string of the molecule is CCOC(=O)Cc1ncc(CN)c(C(F)F)c1O. The lowest BCUT2D eigenvalue weighted by atomic mass is 10.1. The predicted octanol–water partition coefficient (Wildman–Crippen LogP) is 1.29. The quantitative estimate of drug-likeness (QED) is 0.779. The molecule has 0 saturated heterocycles. The zero-order valence-electron chi connectivity index (χ0n) is 9.82. The summed E-state index contributed by atoms with van der Waals surface area (Å²) >= 11 is 0. The lowest BCUT2D eigenvalue weighted by Gasteiger charge is -2.12. The van der Waals surface area contributed by atoms with Crippen LogP contribution in [-0.2, 0) is 22.5 Å². The van der Waals surface area contributed by atoms with Gasteiger partial charge in [-0.25, -0.2) is 8.78 Å². The van der Waals surface area contributed by atoms with Crippen LogP contribution in [0.5, 0.6) is 5.75 Å². The fourth-order valence-electron chi connectivity index (χ4n) is 1.48. The van der Waals surface area contributed by atoms with Crippen LogP contribution in [0.15, 0.2) is 6.20 Å². The van der Waals surface area contributed by atoms with Crippen LogP contribution in [-0.4, -0.2) is 22.7 Å². The highest BCUT2D eigenvalue weighted by Crippen LogP contribution is 2.33. The molecule has 18 heavy (non-hydrogen) atoms. The Labute approximate surface area is 103 Å². The van der Waals surface area contributed by atoms with Gasteiger partial charge < -0.3 is 15.6 Å². The fraction of sp³-hybridized carbons (Fsp3) is 0.455. The number of nitrogens with two attached hydrogens (primary N) is 1. The van der Waals surface area contributed by atoms with E-state index >= 15 is 0 Å². The van der Waals surface area contributed by atoms with E-state index in [4.69, 9.17) is 5.73 Å². The average molecular weight is 260 g/mol. The van der Waals surface area contributed by atoms with Crippen LogP contribution >= 0.6 is 0 Å². The molecule has 3 N–H and O–H groups in total. The van der Waals surface area contributed by atoms with Crippen molar-refractivity contribution >= 4 is 5.97 Å². The van der Waals surface area contributed by atoms with E-state index in [1.54, 1.807) is 6.92 Å². The number of pyridine rings is 1. The van der Waals surface area contributed by atoms with Crippen molar-refractivity contribution in [2.75, 3.05) is 6.61 Å². The molecule has 5 nitrogen and oxygen atoms in total. The molecule has 1 rings (SSSR count). The van der Waals surface area contributed by atoms with Crippen molar-refractivity contribution in [3.05, 3.63) is 23.0 Å². The first kappa shape index (κ1) is 14.3. The normalized spacial score (nSPS) is 10.7. The Bertz CT molecular complexity index is 439. The first-order valence-electron chi connectivity index (χ1n) is 5.34. The average Bonchev–Trinajstić information content (AvgIpc) is 2.31. The molecule has 0 aliphatic carbocycles. The molecule has 7 heteroatoms. The number of ether oxygens (including phenoxy) is 1. The van der Waals surface area contributed by atoms with Crippen LogP contribution < -0.4 is 5.73 Å². The second kappa shape index (κ2) is 6.25. The van der Waals surface area contributed by atoms with E-state index in [9.17, 15) is 18.7 Å². The summed E-state index contributed by atoms with van der Waals surface area (Å²) in [7, 11) is 0. The number of esters is 1. The second-order valence-corrected chi connectivity index (χ2v) is 3.48. The number of rotatable bonds is 5.